The first-order valence-electron chi connectivity index (χ1n) is 4.73. The first kappa shape index (κ1) is 11.8. The zero-order chi connectivity index (χ0) is 12.4. The van der Waals surface area contributed by atoms with Crippen LogP contribution in [0.2, 0.25) is 5.02 Å². The van der Waals surface area contributed by atoms with Gasteiger partial charge in [0.15, 0.2) is 0 Å². The van der Waals surface area contributed by atoms with Crippen molar-refractivity contribution in [2.45, 2.75) is 6.92 Å². The van der Waals surface area contributed by atoms with Gasteiger partial charge in [-0.05, 0) is 24.6 Å². The van der Waals surface area contributed by atoms with Crippen molar-refractivity contribution in [1.29, 1.82) is 0 Å². The number of rotatable bonds is 2. The Morgan fingerprint density at radius 1 is 1.47 bits per heavy atom. The molecule has 0 saturated carbocycles. The largest absolute Gasteiger partial charge is 0.374 e. The number of nitrogens with two attached hydrogens (primary N) is 1. The van der Waals surface area contributed by atoms with Gasteiger partial charge in [-0.25, -0.2) is 0 Å². The lowest BCUT2D eigenvalue weighted by molar-refractivity contribution is 0.102. The van der Waals surface area contributed by atoms with Gasteiger partial charge in [0.2, 0.25) is 10.1 Å². The fourth-order valence-electron chi connectivity index (χ4n) is 1.22. The fourth-order valence-corrected chi connectivity index (χ4v) is 2.01. The van der Waals surface area contributed by atoms with Gasteiger partial charge in [0.25, 0.3) is 5.91 Å². The number of aromatic nitrogens is 2. The van der Waals surface area contributed by atoms with Crippen LogP contribution in [-0.4, -0.2) is 16.1 Å². The van der Waals surface area contributed by atoms with E-state index in [1.54, 1.807) is 12.1 Å². The topological polar surface area (TPSA) is 80.9 Å². The van der Waals surface area contributed by atoms with Crippen LogP contribution in [0.1, 0.15) is 15.4 Å². The normalized spacial score (nSPS) is 10.2. The highest BCUT2D eigenvalue weighted by Crippen LogP contribution is 2.23. The third kappa shape index (κ3) is 2.72. The summed E-state index contributed by atoms with van der Waals surface area (Å²) < 4.78 is 0. The van der Waals surface area contributed by atoms with Gasteiger partial charge in [0, 0.05) is 0 Å². The number of nitrogens with one attached hydrogen (secondary N) is 1. The lowest BCUT2D eigenvalue weighted by atomic mass is 10.2. The van der Waals surface area contributed by atoms with E-state index in [1.165, 1.54) is 0 Å². The summed E-state index contributed by atoms with van der Waals surface area (Å²) in [5.74, 6) is -0.370. The number of nitrogen functional groups attached to an aromatic ring is 1. The zero-order valence-electron chi connectivity index (χ0n) is 8.90. The molecule has 0 spiro atoms. The quantitative estimate of drug-likeness (QED) is 0.876. The van der Waals surface area contributed by atoms with Crippen molar-refractivity contribution >= 4 is 39.7 Å². The molecule has 1 aromatic heterocycles. The summed E-state index contributed by atoms with van der Waals surface area (Å²) in [7, 11) is 0. The van der Waals surface area contributed by atoms with Crippen LogP contribution in [0.4, 0.5) is 10.8 Å². The Hall–Kier alpha value is -1.66. The molecule has 0 radical (unpaired) electrons. The van der Waals surface area contributed by atoms with Gasteiger partial charge in [-0.3, -0.25) is 4.79 Å². The maximum Gasteiger partial charge on any atom is 0.286 e. The Balaban J connectivity index is 2.18. The molecule has 2 rings (SSSR count). The van der Waals surface area contributed by atoms with E-state index in [2.05, 4.69) is 15.5 Å². The molecule has 7 heteroatoms. The second kappa shape index (κ2) is 4.68. The van der Waals surface area contributed by atoms with Crippen molar-refractivity contribution in [3.63, 3.8) is 0 Å². The minimum atomic E-state index is -0.370. The van der Waals surface area contributed by atoms with E-state index in [-0.39, 0.29) is 16.0 Å². The molecule has 0 aliphatic carbocycles. The van der Waals surface area contributed by atoms with Gasteiger partial charge < -0.3 is 11.1 Å². The third-order valence-corrected chi connectivity index (χ3v) is 3.07. The number of nitrogens with zero attached hydrogens (tertiary/aromatic N) is 2. The van der Waals surface area contributed by atoms with Crippen LogP contribution in [0.3, 0.4) is 0 Å². The van der Waals surface area contributed by atoms with E-state index in [0.29, 0.717) is 10.7 Å². The van der Waals surface area contributed by atoms with Crippen LogP contribution in [0.25, 0.3) is 0 Å². The van der Waals surface area contributed by atoms with Crippen LogP contribution in [0.15, 0.2) is 18.2 Å². The Bertz CT molecular complexity index is 569. The van der Waals surface area contributed by atoms with Gasteiger partial charge in [-0.1, -0.05) is 29.0 Å². The molecule has 17 heavy (non-hydrogen) atoms. The summed E-state index contributed by atoms with van der Waals surface area (Å²) >= 11 is 7.02. The van der Waals surface area contributed by atoms with Gasteiger partial charge in [-0.2, -0.15) is 0 Å². The predicted octanol–water partition coefficient (Wildman–Crippen LogP) is 2.33. The Morgan fingerprint density at radius 3 is 2.82 bits per heavy atom. The van der Waals surface area contributed by atoms with Gasteiger partial charge in [-0.15, -0.1) is 10.2 Å². The molecule has 3 N–H and O–H groups in total. The van der Waals surface area contributed by atoms with Gasteiger partial charge in [0.05, 0.1) is 10.7 Å². The first-order valence-corrected chi connectivity index (χ1v) is 5.92. The average Bonchev–Trinajstić information content (AvgIpc) is 2.69. The molecule has 5 nitrogen and oxygen atoms in total. The molecule has 0 unspecified atom stereocenters. The molecule has 0 bridgehead atoms. The summed E-state index contributed by atoms with van der Waals surface area (Å²) in [5.41, 5.74) is 6.96. The number of amides is 1. The summed E-state index contributed by atoms with van der Waals surface area (Å²) in [6.45, 7) is 1.92. The summed E-state index contributed by atoms with van der Waals surface area (Å²) in [4.78, 5) is 11.7. The Morgan fingerprint density at radius 2 is 2.24 bits per heavy atom. The van der Waals surface area contributed by atoms with Crippen LogP contribution >= 0.6 is 22.9 Å². The minimum absolute atomic E-state index is 0.208. The van der Waals surface area contributed by atoms with E-state index in [4.69, 9.17) is 17.3 Å². The number of benzene rings is 1. The monoisotopic (exact) mass is 268 g/mol. The highest BCUT2D eigenvalue weighted by Gasteiger charge is 2.13. The van der Waals surface area contributed by atoms with Crippen molar-refractivity contribution in [3.05, 3.63) is 33.8 Å². The van der Waals surface area contributed by atoms with Gasteiger partial charge >= 0.3 is 0 Å². The molecule has 2 aromatic rings. The lowest BCUT2D eigenvalue weighted by Crippen LogP contribution is -2.11. The molecule has 1 aromatic carbocycles. The number of hydrogen-bond donors (Lipinski definition) is 2. The molecule has 0 atom stereocenters. The molecular weight excluding hydrogens is 260 g/mol. The molecule has 0 saturated heterocycles. The number of hydrogen-bond acceptors (Lipinski definition) is 5. The Labute approximate surface area is 107 Å². The molecule has 1 amide bonds. The van der Waals surface area contributed by atoms with E-state index in [1.807, 2.05) is 13.0 Å². The molecule has 0 aliphatic heterocycles. The molecule has 0 aliphatic rings. The lowest BCUT2D eigenvalue weighted by Gasteiger charge is -2.05. The maximum atomic E-state index is 11.7. The van der Waals surface area contributed by atoms with E-state index < -0.39 is 0 Å². The van der Waals surface area contributed by atoms with Crippen molar-refractivity contribution in [2.24, 2.45) is 0 Å². The SMILES string of the molecule is Cc1ccc(NC(=O)c2nnc(N)s2)c(Cl)c1. The second-order valence-electron chi connectivity index (χ2n) is 3.38. The number of aryl methyl sites for hydroxylation is 1. The molecule has 1 heterocycles. The molecular formula is C10H9ClN4OS. The molecule has 0 fully saturated rings. The number of carbonyl (C=O) groups is 1. The third-order valence-electron chi connectivity index (χ3n) is 2.01. The van der Waals surface area contributed by atoms with Crippen LogP contribution < -0.4 is 11.1 Å². The number of halogens is 1. The first-order chi connectivity index (χ1) is 8.06. The van der Waals surface area contributed by atoms with E-state index >= 15 is 0 Å². The smallest absolute Gasteiger partial charge is 0.286 e. The predicted molar refractivity (Wildman–Crippen MR) is 68.5 cm³/mol. The maximum absolute atomic E-state index is 11.7. The number of anilines is 2. The highest BCUT2D eigenvalue weighted by atomic mass is 35.5. The van der Waals surface area contributed by atoms with Crippen LogP contribution in [0.5, 0.6) is 0 Å². The highest BCUT2D eigenvalue weighted by molar-refractivity contribution is 7.17. The summed E-state index contributed by atoms with van der Waals surface area (Å²) in [6.07, 6.45) is 0. The van der Waals surface area contributed by atoms with Crippen molar-refractivity contribution < 1.29 is 4.79 Å². The van der Waals surface area contributed by atoms with E-state index in [0.717, 1.165) is 16.9 Å². The zero-order valence-corrected chi connectivity index (χ0v) is 10.5. The van der Waals surface area contributed by atoms with Crippen LogP contribution in [-0.2, 0) is 0 Å². The number of carbonyl (C=O) groups excluding carboxylic acids is 1. The van der Waals surface area contributed by atoms with Crippen molar-refractivity contribution in [1.82, 2.24) is 10.2 Å². The van der Waals surface area contributed by atoms with Crippen LogP contribution in [0, 0.1) is 6.92 Å². The van der Waals surface area contributed by atoms with Crippen molar-refractivity contribution in [2.75, 3.05) is 11.1 Å². The van der Waals surface area contributed by atoms with Crippen molar-refractivity contribution in [3.8, 4) is 0 Å². The fraction of sp³-hybridized carbons (Fsp3) is 0.100. The summed E-state index contributed by atoms with van der Waals surface area (Å²) in [6, 6.07) is 5.36. The average molecular weight is 269 g/mol. The van der Waals surface area contributed by atoms with Gasteiger partial charge in [0.1, 0.15) is 0 Å². The standard InChI is InChI=1S/C10H9ClN4OS/c1-5-2-3-7(6(11)4-5)13-8(16)9-14-15-10(12)17-9/h2-4H,1H3,(H2,12,15)(H,13,16). The second-order valence-corrected chi connectivity index (χ2v) is 4.80. The van der Waals surface area contributed by atoms with E-state index in [9.17, 15) is 4.79 Å². The summed E-state index contributed by atoms with van der Waals surface area (Å²) in [5, 5.41) is 10.8. The minimum Gasteiger partial charge on any atom is -0.374 e. The molecule has 88 valence electrons. The Kier molecular flexibility index (Phi) is 3.26.